The van der Waals surface area contributed by atoms with Crippen LogP contribution in [0, 0.1) is 0 Å². The lowest BCUT2D eigenvalue weighted by molar-refractivity contribution is 0.101. The Morgan fingerprint density at radius 3 is 2.43 bits per heavy atom. The molecule has 1 heterocycles. The number of hydrogen-bond donors (Lipinski definition) is 0. The molecule has 0 amide bonds. The Labute approximate surface area is 131 Å². The highest BCUT2D eigenvalue weighted by molar-refractivity contribution is 6.42. The van der Waals surface area contributed by atoms with Gasteiger partial charge in [0.2, 0.25) is 5.78 Å². The lowest BCUT2D eigenvalue weighted by Crippen LogP contribution is -2.02. The van der Waals surface area contributed by atoms with E-state index >= 15 is 0 Å². The predicted octanol–water partition coefficient (Wildman–Crippen LogP) is 5.48. The summed E-state index contributed by atoms with van der Waals surface area (Å²) in [6.45, 7) is 0. The third-order valence-corrected chi connectivity index (χ3v) is 3.89. The maximum atomic E-state index is 12.5. The Morgan fingerprint density at radius 2 is 1.71 bits per heavy atom. The lowest BCUT2D eigenvalue weighted by atomic mass is 9.96. The van der Waals surface area contributed by atoms with Gasteiger partial charge in [0.1, 0.15) is 0 Å². The van der Waals surface area contributed by atoms with Gasteiger partial charge in [0.25, 0.3) is 0 Å². The molecule has 0 N–H and O–H groups in total. The minimum atomic E-state index is -0.165. The van der Waals surface area contributed by atoms with Crippen LogP contribution in [0.5, 0.6) is 0 Å². The van der Waals surface area contributed by atoms with Crippen LogP contribution >= 0.6 is 23.2 Å². The normalized spacial score (nSPS) is 10.6. The Morgan fingerprint density at radius 1 is 0.905 bits per heavy atom. The van der Waals surface area contributed by atoms with E-state index < -0.39 is 0 Å². The smallest absolute Gasteiger partial charge is 0.228 e. The molecule has 4 heteroatoms. The zero-order valence-corrected chi connectivity index (χ0v) is 12.4. The fourth-order valence-electron chi connectivity index (χ4n) is 2.14. The first-order valence-corrected chi connectivity index (χ1v) is 7.05. The van der Waals surface area contributed by atoms with Gasteiger partial charge in [0.05, 0.1) is 16.3 Å². The van der Waals surface area contributed by atoms with Crippen LogP contribution in [0.1, 0.15) is 16.1 Å². The van der Waals surface area contributed by atoms with Crippen molar-refractivity contribution in [3.8, 4) is 11.1 Å². The second-order valence-electron chi connectivity index (χ2n) is 4.48. The molecule has 1 aromatic heterocycles. The summed E-state index contributed by atoms with van der Waals surface area (Å²) in [6.07, 6.45) is 1.48. The molecule has 0 fully saturated rings. The van der Waals surface area contributed by atoms with Crippen molar-refractivity contribution in [1.82, 2.24) is 0 Å². The Bertz CT molecular complexity index is 792. The van der Waals surface area contributed by atoms with E-state index in [9.17, 15) is 4.79 Å². The molecule has 0 saturated heterocycles. The van der Waals surface area contributed by atoms with Crippen molar-refractivity contribution in [1.29, 1.82) is 0 Å². The quantitative estimate of drug-likeness (QED) is 0.598. The van der Waals surface area contributed by atoms with E-state index in [2.05, 4.69) is 0 Å². The maximum Gasteiger partial charge on any atom is 0.228 e. The molecule has 0 saturated carbocycles. The molecule has 0 spiro atoms. The first-order valence-electron chi connectivity index (χ1n) is 6.29. The van der Waals surface area contributed by atoms with Crippen LogP contribution in [0.2, 0.25) is 10.0 Å². The molecule has 2 aromatic carbocycles. The summed E-state index contributed by atoms with van der Waals surface area (Å²) < 4.78 is 5.19. The van der Waals surface area contributed by atoms with Gasteiger partial charge in [-0.25, -0.2) is 0 Å². The Hall–Kier alpha value is -2.03. The van der Waals surface area contributed by atoms with E-state index in [-0.39, 0.29) is 5.78 Å². The number of hydrogen-bond acceptors (Lipinski definition) is 2. The van der Waals surface area contributed by atoms with E-state index in [1.807, 2.05) is 24.3 Å². The monoisotopic (exact) mass is 316 g/mol. The van der Waals surface area contributed by atoms with Crippen molar-refractivity contribution in [3.63, 3.8) is 0 Å². The first kappa shape index (κ1) is 13.9. The largest absolute Gasteiger partial charge is 0.461 e. The van der Waals surface area contributed by atoms with Gasteiger partial charge < -0.3 is 4.42 Å². The van der Waals surface area contributed by atoms with Gasteiger partial charge >= 0.3 is 0 Å². The summed E-state index contributed by atoms with van der Waals surface area (Å²) in [5.74, 6) is 0.143. The molecule has 0 aliphatic carbocycles. The number of rotatable bonds is 3. The average Bonchev–Trinajstić information content (AvgIpc) is 3.04. The summed E-state index contributed by atoms with van der Waals surface area (Å²) in [7, 11) is 0. The van der Waals surface area contributed by atoms with Gasteiger partial charge in [-0.1, -0.05) is 53.5 Å². The third kappa shape index (κ3) is 2.73. The van der Waals surface area contributed by atoms with Gasteiger partial charge in [-0.3, -0.25) is 4.79 Å². The van der Waals surface area contributed by atoms with Gasteiger partial charge in [-0.05, 0) is 35.4 Å². The van der Waals surface area contributed by atoms with Crippen LogP contribution in [0.4, 0.5) is 0 Å². The second-order valence-corrected chi connectivity index (χ2v) is 5.30. The van der Waals surface area contributed by atoms with Gasteiger partial charge in [-0.2, -0.15) is 0 Å². The van der Waals surface area contributed by atoms with E-state index in [1.54, 1.807) is 30.3 Å². The fraction of sp³-hybridized carbons (Fsp3) is 0. The van der Waals surface area contributed by atoms with Gasteiger partial charge in [0.15, 0.2) is 5.76 Å². The molecule has 0 bridgehead atoms. The predicted molar refractivity (Wildman–Crippen MR) is 84.0 cm³/mol. The van der Waals surface area contributed by atoms with E-state index in [1.165, 1.54) is 6.26 Å². The van der Waals surface area contributed by atoms with Crippen LogP contribution in [-0.4, -0.2) is 5.78 Å². The van der Waals surface area contributed by atoms with Crippen molar-refractivity contribution < 1.29 is 9.21 Å². The topological polar surface area (TPSA) is 30.2 Å². The van der Waals surface area contributed by atoms with Gasteiger partial charge in [-0.15, -0.1) is 0 Å². The van der Waals surface area contributed by atoms with Crippen molar-refractivity contribution in [2.45, 2.75) is 0 Å². The van der Waals surface area contributed by atoms with Crippen LogP contribution in [-0.2, 0) is 0 Å². The van der Waals surface area contributed by atoms with Crippen LogP contribution in [0.3, 0.4) is 0 Å². The zero-order valence-electron chi connectivity index (χ0n) is 10.8. The summed E-state index contributed by atoms with van der Waals surface area (Å²) >= 11 is 12.0. The third-order valence-electron chi connectivity index (χ3n) is 3.15. The molecule has 0 aliphatic heterocycles. The highest BCUT2D eigenvalue weighted by Crippen LogP contribution is 2.31. The van der Waals surface area contributed by atoms with Crippen molar-refractivity contribution in [2.75, 3.05) is 0 Å². The van der Waals surface area contributed by atoms with Crippen molar-refractivity contribution >= 4 is 29.0 Å². The minimum absolute atomic E-state index is 0.165. The first-order chi connectivity index (χ1) is 10.2. The zero-order chi connectivity index (χ0) is 14.8. The van der Waals surface area contributed by atoms with Crippen LogP contribution in [0.15, 0.2) is 65.3 Å². The molecular formula is C17H10Cl2O2. The van der Waals surface area contributed by atoms with E-state index in [4.69, 9.17) is 27.6 Å². The highest BCUT2D eigenvalue weighted by Gasteiger charge is 2.16. The van der Waals surface area contributed by atoms with E-state index in [0.717, 1.165) is 11.1 Å². The second kappa shape index (κ2) is 5.76. The molecule has 21 heavy (non-hydrogen) atoms. The van der Waals surface area contributed by atoms with Crippen LogP contribution < -0.4 is 0 Å². The number of halogens is 2. The minimum Gasteiger partial charge on any atom is -0.461 e. The average molecular weight is 317 g/mol. The number of furan rings is 1. The maximum absolute atomic E-state index is 12.5. The molecule has 0 radical (unpaired) electrons. The fourth-order valence-corrected chi connectivity index (χ4v) is 2.44. The van der Waals surface area contributed by atoms with Gasteiger partial charge in [0, 0.05) is 5.56 Å². The SMILES string of the molecule is O=C(c1ccco1)c1ccccc1-c1ccc(Cl)c(Cl)c1. The molecule has 3 rings (SSSR count). The number of ketones is 1. The highest BCUT2D eigenvalue weighted by atomic mass is 35.5. The molecular weight excluding hydrogens is 307 g/mol. The van der Waals surface area contributed by atoms with Crippen molar-refractivity contribution in [2.24, 2.45) is 0 Å². The molecule has 0 unspecified atom stereocenters. The standard InChI is InChI=1S/C17H10Cl2O2/c18-14-8-7-11(10-15(14)19)12-4-1-2-5-13(12)17(20)16-6-3-9-21-16/h1-10H. The molecule has 0 atom stereocenters. The van der Waals surface area contributed by atoms with Crippen LogP contribution in [0.25, 0.3) is 11.1 Å². The molecule has 0 aliphatic rings. The molecule has 2 nitrogen and oxygen atoms in total. The molecule has 3 aromatic rings. The van der Waals surface area contributed by atoms with E-state index in [0.29, 0.717) is 21.4 Å². The summed E-state index contributed by atoms with van der Waals surface area (Å²) in [5, 5.41) is 0.935. The summed E-state index contributed by atoms with van der Waals surface area (Å²) in [5.41, 5.74) is 2.18. The Balaban J connectivity index is 2.11. The summed E-state index contributed by atoms with van der Waals surface area (Å²) in [6, 6.07) is 16.0. The number of carbonyl (C=O) groups excluding carboxylic acids is 1. The number of benzene rings is 2. The lowest BCUT2D eigenvalue weighted by Gasteiger charge is -2.08. The van der Waals surface area contributed by atoms with Crippen molar-refractivity contribution in [3.05, 3.63) is 82.2 Å². The summed E-state index contributed by atoms with van der Waals surface area (Å²) in [4.78, 5) is 12.5. The number of carbonyl (C=O) groups is 1. The molecule has 104 valence electrons. The Kier molecular flexibility index (Phi) is 3.82.